The normalized spacial score (nSPS) is 15.6. The second kappa shape index (κ2) is 8.39. The van der Waals surface area contributed by atoms with Crippen molar-refractivity contribution in [3.05, 3.63) is 51.0 Å². The highest BCUT2D eigenvalue weighted by Crippen LogP contribution is 2.35. The van der Waals surface area contributed by atoms with E-state index in [-0.39, 0.29) is 33.2 Å². The van der Waals surface area contributed by atoms with Gasteiger partial charge in [-0.25, -0.2) is 13.6 Å². The highest BCUT2D eigenvalue weighted by molar-refractivity contribution is 7.89. The summed E-state index contributed by atoms with van der Waals surface area (Å²) in [4.78, 5) is 12.3. The van der Waals surface area contributed by atoms with Crippen LogP contribution in [0.5, 0.6) is 11.5 Å². The van der Waals surface area contributed by atoms with Crippen LogP contribution in [0.15, 0.2) is 29.2 Å². The molecule has 2 aromatic rings. The summed E-state index contributed by atoms with van der Waals surface area (Å²) in [7, 11) is -4.11. The maximum Gasteiger partial charge on any atom is 0.253 e. The predicted octanol–water partition coefficient (Wildman–Crippen LogP) is 3.29. The Morgan fingerprint density at radius 3 is 2.66 bits per heavy atom. The van der Waals surface area contributed by atoms with Crippen LogP contribution < -0.4 is 19.9 Å². The number of halogens is 2. The Kier molecular flexibility index (Phi) is 6.28. The lowest BCUT2D eigenvalue weighted by molar-refractivity contribution is 0.0950. The summed E-state index contributed by atoms with van der Waals surface area (Å²) in [5.74, 6) is 0.830. The highest BCUT2D eigenvalue weighted by Gasteiger charge is 2.23. The minimum atomic E-state index is -4.11. The van der Waals surface area contributed by atoms with Crippen LogP contribution in [-0.4, -0.2) is 27.0 Å². The zero-order valence-electron chi connectivity index (χ0n) is 15.8. The van der Waals surface area contributed by atoms with Gasteiger partial charge in [-0.15, -0.1) is 0 Å². The molecule has 0 saturated carbocycles. The molecule has 1 atom stereocenters. The van der Waals surface area contributed by atoms with Gasteiger partial charge in [-0.3, -0.25) is 4.79 Å². The number of amides is 1. The molecule has 3 N–H and O–H groups in total. The Morgan fingerprint density at radius 2 is 2.00 bits per heavy atom. The molecule has 0 aromatic heterocycles. The van der Waals surface area contributed by atoms with Crippen LogP contribution in [0, 0.1) is 0 Å². The summed E-state index contributed by atoms with van der Waals surface area (Å²) in [5, 5.41) is 7.71. The average molecular weight is 459 g/mol. The van der Waals surface area contributed by atoms with Gasteiger partial charge < -0.3 is 14.8 Å². The molecule has 2 aromatic carbocycles. The van der Waals surface area contributed by atoms with Crippen LogP contribution in [0.4, 0.5) is 0 Å². The summed E-state index contributed by atoms with van der Waals surface area (Å²) in [6.07, 6.45) is 0.868. The van der Waals surface area contributed by atoms with Crippen molar-refractivity contribution < 1.29 is 22.7 Å². The molecular weight excluding hydrogens is 439 g/mol. The molecule has 0 bridgehead atoms. The first-order valence-electron chi connectivity index (χ1n) is 8.85. The summed E-state index contributed by atoms with van der Waals surface area (Å²) < 4.78 is 34.8. The Morgan fingerprint density at radius 1 is 1.28 bits per heavy atom. The van der Waals surface area contributed by atoms with Gasteiger partial charge in [-0.2, -0.15) is 0 Å². The SMILES string of the molecule is CCOc1cc2c(cc1CNC(=O)c1cc(S(N)(=O)=O)c(Cl)cc1Cl)O[C@H](C)C2. The monoisotopic (exact) mass is 458 g/mol. The van der Waals surface area contributed by atoms with Gasteiger partial charge >= 0.3 is 0 Å². The van der Waals surface area contributed by atoms with Crippen molar-refractivity contribution in [3.63, 3.8) is 0 Å². The van der Waals surface area contributed by atoms with E-state index < -0.39 is 15.9 Å². The maximum atomic E-state index is 12.6. The third-order valence-electron chi connectivity index (χ3n) is 4.39. The molecule has 0 fully saturated rings. The Balaban J connectivity index is 1.85. The van der Waals surface area contributed by atoms with Crippen molar-refractivity contribution in [1.29, 1.82) is 0 Å². The Labute approximate surface area is 179 Å². The van der Waals surface area contributed by atoms with Crippen LogP contribution in [0.1, 0.15) is 35.3 Å². The fourth-order valence-corrected chi connectivity index (χ4v) is 4.51. The van der Waals surface area contributed by atoms with Gasteiger partial charge in [-0.1, -0.05) is 23.2 Å². The molecule has 0 radical (unpaired) electrons. The summed E-state index contributed by atoms with van der Waals surface area (Å²) >= 11 is 12.0. The molecular formula is C19H20Cl2N2O5S. The number of fused-ring (bicyclic) bond motifs is 1. The topological polar surface area (TPSA) is 108 Å². The minimum absolute atomic E-state index is 0.0102. The van der Waals surface area contributed by atoms with Crippen molar-refractivity contribution in [2.45, 2.75) is 37.8 Å². The van der Waals surface area contributed by atoms with Gasteiger partial charge in [0.15, 0.2) is 0 Å². The molecule has 1 aliphatic rings. The number of nitrogens with one attached hydrogen (secondary N) is 1. The molecule has 1 aliphatic heterocycles. The summed E-state index contributed by atoms with van der Waals surface area (Å²) in [6.45, 7) is 4.45. The summed E-state index contributed by atoms with van der Waals surface area (Å²) in [5.41, 5.74) is 1.73. The number of rotatable bonds is 6. The first-order valence-corrected chi connectivity index (χ1v) is 11.2. The zero-order valence-corrected chi connectivity index (χ0v) is 18.1. The molecule has 0 aliphatic carbocycles. The van der Waals surface area contributed by atoms with E-state index in [9.17, 15) is 13.2 Å². The van der Waals surface area contributed by atoms with Gasteiger partial charge in [0.1, 0.15) is 22.5 Å². The van der Waals surface area contributed by atoms with Gasteiger partial charge in [0.25, 0.3) is 5.91 Å². The van der Waals surface area contributed by atoms with Crippen molar-refractivity contribution >= 4 is 39.1 Å². The Bertz CT molecular complexity index is 1070. The lowest BCUT2D eigenvalue weighted by Crippen LogP contribution is -2.24. The van der Waals surface area contributed by atoms with Crippen molar-refractivity contribution in [3.8, 4) is 11.5 Å². The molecule has 156 valence electrons. The van der Waals surface area contributed by atoms with Crippen LogP contribution in [0.25, 0.3) is 0 Å². The lowest BCUT2D eigenvalue weighted by Gasteiger charge is -2.14. The molecule has 29 heavy (non-hydrogen) atoms. The van der Waals surface area contributed by atoms with E-state index in [0.29, 0.717) is 12.4 Å². The molecule has 0 saturated heterocycles. The van der Waals surface area contributed by atoms with Crippen molar-refractivity contribution in [2.24, 2.45) is 5.14 Å². The fourth-order valence-electron chi connectivity index (χ4n) is 3.10. The summed E-state index contributed by atoms with van der Waals surface area (Å²) in [6, 6.07) is 5.99. The smallest absolute Gasteiger partial charge is 0.253 e. The first kappa shape index (κ1) is 21.7. The van der Waals surface area contributed by atoms with E-state index in [4.69, 9.17) is 37.8 Å². The number of primary sulfonamides is 1. The standard InChI is InChI=1S/C19H20Cl2N2O5S/c1-3-27-16-5-11-4-10(2)28-17(11)6-12(16)9-23-19(24)13-7-18(29(22,25)26)15(21)8-14(13)20/h5-8,10H,3-4,9H2,1-2H3,(H,23,24)(H2,22,25,26)/t10-/m1/s1. The van der Waals surface area contributed by atoms with Crippen LogP contribution in [-0.2, 0) is 23.0 Å². The highest BCUT2D eigenvalue weighted by atomic mass is 35.5. The largest absolute Gasteiger partial charge is 0.494 e. The second-order valence-electron chi connectivity index (χ2n) is 6.62. The molecule has 3 rings (SSSR count). The third-order valence-corrected chi connectivity index (χ3v) is 6.08. The molecule has 0 unspecified atom stereocenters. The van der Waals surface area contributed by atoms with Gasteiger partial charge in [0, 0.05) is 24.1 Å². The van der Waals surface area contributed by atoms with Crippen LogP contribution in [0.2, 0.25) is 10.0 Å². The minimum Gasteiger partial charge on any atom is -0.494 e. The number of hydrogen-bond donors (Lipinski definition) is 2. The zero-order chi connectivity index (χ0) is 21.3. The third kappa shape index (κ3) is 4.78. The number of sulfonamides is 1. The quantitative estimate of drug-likeness (QED) is 0.690. The average Bonchev–Trinajstić information content (AvgIpc) is 2.97. The second-order valence-corrected chi connectivity index (χ2v) is 8.97. The molecule has 7 nitrogen and oxygen atoms in total. The van der Waals surface area contributed by atoms with Gasteiger partial charge in [0.05, 0.1) is 22.2 Å². The van der Waals surface area contributed by atoms with E-state index in [2.05, 4.69) is 5.32 Å². The molecule has 10 heteroatoms. The van der Waals surface area contributed by atoms with Crippen molar-refractivity contribution in [1.82, 2.24) is 5.32 Å². The number of hydrogen-bond acceptors (Lipinski definition) is 5. The van der Waals surface area contributed by atoms with E-state index in [1.165, 1.54) is 6.07 Å². The van der Waals surface area contributed by atoms with E-state index in [0.717, 1.165) is 29.4 Å². The number of carbonyl (C=O) groups excluding carboxylic acids is 1. The van der Waals surface area contributed by atoms with Crippen LogP contribution >= 0.6 is 23.2 Å². The van der Waals surface area contributed by atoms with Gasteiger partial charge in [0.2, 0.25) is 10.0 Å². The number of carbonyl (C=O) groups is 1. The van der Waals surface area contributed by atoms with E-state index >= 15 is 0 Å². The molecule has 0 spiro atoms. The first-order chi connectivity index (χ1) is 13.6. The van der Waals surface area contributed by atoms with E-state index in [1.807, 2.05) is 26.0 Å². The number of ether oxygens (including phenoxy) is 2. The fraction of sp³-hybridized carbons (Fsp3) is 0.316. The molecule has 1 amide bonds. The number of benzene rings is 2. The van der Waals surface area contributed by atoms with E-state index in [1.54, 1.807) is 0 Å². The Hall–Kier alpha value is -2.00. The lowest BCUT2D eigenvalue weighted by atomic mass is 10.1. The maximum absolute atomic E-state index is 12.6. The predicted molar refractivity (Wildman–Crippen MR) is 110 cm³/mol. The van der Waals surface area contributed by atoms with Crippen LogP contribution in [0.3, 0.4) is 0 Å². The van der Waals surface area contributed by atoms with Crippen molar-refractivity contribution in [2.75, 3.05) is 6.61 Å². The number of nitrogens with two attached hydrogens (primary N) is 1. The van der Waals surface area contributed by atoms with Gasteiger partial charge in [-0.05, 0) is 38.1 Å². The molecule has 1 heterocycles.